The molecular weight excluding hydrogens is 333 g/mol. The van der Waals surface area contributed by atoms with Gasteiger partial charge < -0.3 is 19.8 Å². The molecule has 1 amide bonds. The molecule has 0 saturated heterocycles. The van der Waals surface area contributed by atoms with E-state index < -0.39 is 5.82 Å². The molecule has 3 rings (SSSR count). The highest BCUT2D eigenvalue weighted by Crippen LogP contribution is 2.26. The predicted molar refractivity (Wildman–Crippen MR) is 88.4 cm³/mol. The SMILES string of the molecule is COCC(=O)NCc1cc2cc(F)c(OCc3cscn3)cc2[nH]1. The van der Waals surface area contributed by atoms with Crippen molar-refractivity contribution in [3.63, 3.8) is 0 Å². The third-order valence-electron chi connectivity index (χ3n) is 3.34. The molecule has 2 heterocycles. The number of H-pyrrole nitrogens is 1. The first kappa shape index (κ1) is 16.4. The van der Waals surface area contributed by atoms with Crippen molar-refractivity contribution >= 4 is 28.1 Å². The van der Waals surface area contributed by atoms with E-state index in [2.05, 4.69) is 15.3 Å². The van der Waals surface area contributed by atoms with Crippen molar-refractivity contribution in [1.29, 1.82) is 0 Å². The van der Waals surface area contributed by atoms with Gasteiger partial charge >= 0.3 is 0 Å². The molecule has 0 unspecified atom stereocenters. The number of rotatable bonds is 7. The molecule has 0 aliphatic carbocycles. The Morgan fingerprint density at radius 3 is 3.04 bits per heavy atom. The smallest absolute Gasteiger partial charge is 0.246 e. The molecule has 2 aromatic heterocycles. The van der Waals surface area contributed by atoms with E-state index in [0.29, 0.717) is 11.9 Å². The second-order valence-corrected chi connectivity index (χ2v) is 5.86. The van der Waals surface area contributed by atoms with Crippen LogP contribution in [0, 0.1) is 5.82 Å². The molecule has 0 saturated carbocycles. The summed E-state index contributed by atoms with van der Waals surface area (Å²) < 4.78 is 24.4. The van der Waals surface area contributed by atoms with Crippen LogP contribution in [0.4, 0.5) is 4.39 Å². The van der Waals surface area contributed by atoms with Gasteiger partial charge in [0.05, 0.1) is 17.7 Å². The fraction of sp³-hybridized carbons (Fsp3) is 0.250. The second-order valence-electron chi connectivity index (χ2n) is 5.14. The fourth-order valence-corrected chi connectivity index (χ4v) is 2.78. The number of carbonyl (C=O) groups is 1. The molecule has 6 nitrogen and oxygen atoms in total. The van der Waals surface area contributed by atoms with Gasteiger partial charge in [-0.25, -0.2) is 9.37 Å². The Kier molecular flexibility index (Phi) is 5.07. The third-order valence-corrected chi connectivity index (χ3v) is 3.97. The Balaban J connectivity index is 1.71. The fourth-order valence-electron chi connectivity index (χ4n) is 2.24. The molecule has 0 bridgehead atoms. The number of carbonyl (C=O) groups excluding carboxylic acids is 1. The van der Waals surface area contributed by atoms with Crippen molar-refractivity contribution in [2.75, 3.05) is 13.7 Å². The van der Waals surface area contributed by atoms with Crippen molar-refractivity contribution in [3.8, 4) is 5.75 Å². The van der Waals surface area contributed by atoms with Crippen molar-refractivity contribution in [3.05, 3.63) is 46.3 Å². The summed E-state index contributed by atoms with van der Waals surface area (Å²) in [5, 5.41) is 5.27. The van der Waals surface area contributed by atoms with Crippen LogP contribution < -0.4 is 10.1 Å². The van der Waals surface area contributed by atoms with E-state index in [1.165, 1.54) is 24.5 Å². The molecule has 0 aliphatic heterocycles. The molecule has 0 radical (unpaired) electrons. The maximum absolute atomic E-state index is 14.1. The van der Waals surface area contributed by atoms with E-state index in [0.717, 1.165) is 16.9 Å². The van der Waals surface area contributed by atoms with E-state index in [1.807, 2.05) is 5.38 Å². The minimum absolute atomic E-state index is 0.00344. The van der Waals surface area contributed by atoms with Gasteiger partial charge in [0.15, 0.2) is 11.6 Å². The van der Waals surface area contributed by atoms with Gasteiger partial charge in [-0.3, -0.25) is 4.79 Å². The highest BCUT2D eigenvalue weighted by atomic mass is 32.1. The standard InChI is InChI=1S/C16H16FN3O3S/c1-22-7-16(21)18-5-11-2-10-3-13(17)15(4-14(10)20-11)23-6-12-8-24-9-19-12/h2-4,8-9,20H,5-7H2,1H3,(H,18,21). The van der Waals surface area contributed by atoms with Crippen molar-refractivity contribution in [1.82, 2.24) is 15.3 Å². The number of methoxy groups -OCH3 is 1. The lowest BCUT2D eigenvalue weighted by molar-refractivity contribution is -0.124. The Bertz CT molecular complexity index is 833. The number of hydrogen-bond donors (Lipinski definition) is 2. The Hall–Kier alpha value is -2.45. The summed E-state index contributed by atoms with van der Waals surface area (Å²) in [6.45, 7) is 0.531. The summed E-state index contributed by atoms with van der Waals surface area (Å²) in [7, 11) is 1.46. The van der Waals surface area contributed by atoms with Gasteiger partial charge in [0.1, 0.15) is 13.2 Å². The number of benzene rings is 1. The molecule has 8 heteroatoms. The van der Waals surface area contributed by atoms with Gasteiger partial charge in [-0.2, -0.15) is 0 Å². The molecule has 0 atom stereocenters. The van der Waals surface area contributed by atoms with Crippen LogP contribution in [-0.4, -0.2) is 29.6 Å². The average molecular weight is 349 g/mol. The molecule has 24 heavy (non-hydrogen) atoms. The maximum Gasteiger partial charge on any atom is 0.246 e. The molecule has 126 valence electrons. The molecular formula is C16H16FN3O3S. The zero-order chi connectivity index (χ0) is 16.9. The van der Waals surface area contributed by atoms with Crippen molar-refractivity contribution in [2.24, 2.45) is 0 Å². The molecule has 0 fully saturated rings. The summed E-state index contributed by atoms with van der Waals surface area (Å²) in [4.78, 5) is 18.6. The molecule has 1 aromatic carbocycles. The number of halogens is 1. The number of nitrogens with one attached hydrogen (secondary N) is 2. The number of amides is 1. The summed E-state index contributed by atoms with van der Waals surface area (Å²) >= 11 is 1.46. The van der Waals surface area contributed by atoms with E-state index in [1.54, 1.807) is 17.6 Å². The van der Waals surface area contributed by atoms with Gasteiger partial charge in [0.25, 0.3) is 0 Å². The number of ether oxygens (including phenoxy) is 2. The number of aromatic nitrogens is 2. The normalized spacial score (nSPS) is 10.9. The highest BCUT2D eigenvalue weighted by molar-refractivity contribution is 7.07. The summed E-state index contributed by atoms with van der Waals surface area (Å²) in [6, 6.07) is 4.80. The van der Waals surface area contributed by atoms with Gasteiger partial charge in [-0.1, -0.05) is 0 Å². The number of aromatic amines is 1. The zero-order valence-corrected chi connectivity index (χ0v) is 13.8. The lowest BCUT2D eigenvalue weighted by Crippen LogP contribution is -2.26. The van der Waals surface area contributed by atoms with Crippen LogP contribution in [0.1, 0.15) is 11.4 Å². The van der Waals surface area contributed by atoms with Crippen LogP contribution in [0.15, 0.2) is 29.1 Å². The average Bonchev–Trinajstić information content (AvgIpc) is 3.20. The summed E-state index contributed by atoms with van der Waals surface area (Å²) in [5.41, 5.74) is 3.96. The van der Waals surface area contributed by atoms with Gasteiger partial charge in [0.2, 0.25) is 5.91 Å². The Labute approximate surface area is 141 Å². The number of hydrogen-bond acceptors (Lipinski definition) is 5. The van der Waals surface area contributed by atoms with Gasteiger partial charge in [0, 0.05) is 35.2 Å². The van der Waals surface area contributed by atoms with E-state index in [-0.39, 0.29) is 24.9 Å². The van der Waals surface area contributed by atoms with Crippen LogP contribution >= 0.6 is 11.3 Å². The first-order chi connectivity index (χ1) is 11.7. The zero-order valence-electron chi connectivity index (χ0n) is 13.0. The first-order valence-corrected chi connectivity index (χ1v) is 8.16. The second kappa shape index (κ2) is 7.41. The third kappa shape index (κ3) is 3.90. The van der Waals surface area contributed by atoms with Crippen LogP contribution in [0.5, 0.6) is 5.75 Å². The molecule has 0 aliphatic rings. The largest absolute Gasteiger partial charge is 0.484 e. The number of fused-ring (bicyclic) bond motifs is 1. The molecule has 0 spiro atoms. The van der Waals surface area contributed by atoms with Gasteiger partial charge in [-0.05, 0) is 12.1 Å². The maximum atomic E-state index is 14.1. The van der Waals surface area contributed by atoms with Crippen LogP contribution in [0.25, 0.3) is 10.9 Å². The summed E-state index contributed by atoms with van der Waals surface area (Å²) in [6.07, 6.45) is 0. The monoisotopic (exact) mass is 349 g/mol. The highest BCUT2D eigenvalue weighted by Gasteiger charge is 2.10. The minimum atomic E-state index is -0.438. The topological polar surface area (TPSA) is 76.2 Å². The minimum Gasteiger partial charge on any atom is -0.484 e. The predicted octanol–water partition coefficient (Wildman–Crippen LogP) is 2.61. The Morgan fingerprint density at radius 1 is 1.42 bits per heavy atom. The van der Waals surface area contributed by atoms with Gasteiger partial charge in [-0.15, -0.1) is 11.3 Å². The van der Waals surface area contributed by atoms with Crippen molar-refractivity contribution in [2.45, 2.75) is 13.2 Å². The van der Waals surface area contributed by atoms with E-state index in [9.17, 15) is 9.18 Å². The molecule has 3 aromatic rings. The van der Waals surface area contributed by atoms with E-state index >= 15 is 0 Å². The first-order valence-electron chi connectivity index (χ1n) is 7.22. The Morgan fingerprint density at radius 2 is 2.29 bits per heavy atom. The van der Waals surface area contributed by atoms with Crippen molar-refractivity contribution < 1.29 is 18.7 Å². The lowest BCUT2D eigenvalue weighted by atomic mass is 10.2. The molecule has 2 N–H and O–H groups in total. The number of thiazole rings is 1. The quantitative estimate of drug-likeness (QED) is 0.687. The lowest BCUT2D eigenvalue weighted by Gasteiger charge is -2.05. The summed E-state index contributed by atoms with van der Waals surface area (Å²) in [5.74, 6) is -0.492. The van der Waals surface area contributed by atoms with Crippen LogP contribution in [0.3, 0.4) is 0 Å². The van der Waals surface area contributed by atoms with E-state index in [4.69, 9.17) is 9.47 Å². The number of nitrogens with zero attached hydrogens (tertiary/aromatic N) is 1. The van der Waals surface area contributed by atoms with Crippen LogP contribution in [0.2, 0.25) is 0 Å². The van der Waals surface area contributed by atoms with Crippen LogP contribution in [-0.2, 0) is 22.7 Å².